The number of carbonyl (C=O) groups excluding carboxylic acids is 3. The molecule has 1 N–H and O–H groups in total. The number of methoxy groups -OCH3 is 1. The molecule has 1 fully saturated rings. The molecular formula is C16H13BrINO7S. The first kappa shape index (κ1) is 21.7. The molecule has 0 aliphatic carbocycles. The van der Waals surface area contributed by atoms with Gasteiger partial charge in [-0.05, 0) is 75.4 Å². The summed E-state index contributed by atoms with van der Waals surface area (Å²) in [5.41, 5.74) is 0.422. The Morgan fingerprint density at radius 2 is 2.07 bits per heavy atom. The molecule has 0 saturated carbocycles. The van der Waals surface area contributed by atoms with Crippen LogP contribution in [0.15, 0.2) is 21.5 Å². The minimum atomic E-state index is -1.15. The van der Waals surface area contributed by atoms with E-state index in [0.29, 0.717) is 21.8 Å². The molecule has 0 spiro atoms. The third-order valence-electron chi connectivity index (χ3n) is 3.42. The molecule has 27 heavy (non-hydrogen) atoms. The number of nitrogens with zero attached hydrogens (tertiary/aromatic N) is 1. The van der Waals surface area contributed by atoms with E-state index < -0.39 is 35.7 Å². The summed E-state index contributed by atoms with van der Waals surface area (Å²) >= 11 is 6.04. The molecule has 1 aliphatic heterocycles. The maximum atomic E-state index is 12.6. The molecule has 1 aromatic rings. The first-order valence-electron chi connectivity index (χ1n) is 7.34. The number of carboxylic acid groups (broad SMARTS) is 1. The highest BCUT2D eigenvalue weighted by atomic mass is 127. The smallest absolute Gasteiger partial charge is 0.341 e. The van der Waals surface area contributed by atoms with Gasteiger partial charge in [-0.3, -0.25) is 14.5 Å². The van der Waals surface area contributed by atoms with Crippen molar-refractivity contribution in [2.24, 2.45) is 0 Å². The van der Waals surface area contributed by atoms with Crippen molar-refractivity contribution in [3.05, 3.63) is 30.6 Å². The highest BCUT2D eigenvalue weighted by Gasteiger charge is 2.41. The zero-order valence-electron chi connectivity index (χ0n) is 14.0. The van der Waals surface area contributed by atoms with E-state index in [2.05, 4.69) is 43.3 Å². The third-order valence-corrected chi connectivity index (χ3v) is 5.51. The second kappa shape index (κ2) is 9.06. The Balaban J connectivity index is 2.41. The van der Waals surface area contributed by atoms with Gasteiger partial charge in [0.25, 0.3) is 11.1 Å². The highest BCUT2D eigenvalue weighted by molar-refractivity contribution is 14.1. The lowest BCUT2D eigenvalue weighted by atomic mass is 10.1. The fourth-order valence-corrected chi connectivity index (χ4v) is 4.77. The van der Waals surface area contributed by atoms with E-state index in [1.54, 1.807) is 12.1 Å². The average Bonchev–Trinajstić information content (AvgIpc) is 2.86. The van der Waals surface area contributed by atoms with Crippen LogP contribution in [0.25, 0.3) is 6.08 Å². The van der Waals surface area contributed by atoms with Crippen LogP contribution in [-0.2, 0) is 19.1 Å². The third kappa shape index (κ3) is 5.02. The summed E-state index contributed by atoms with van der Waals surface area (Å²) in [6, 6.07) is 2.35. The summed E-state index contributed by atoms with van der Waals surface area (Å²) in [7, 11) is 1.17. The number of benzene rings is 1. The normalized spacial score (nSPS) is 16.6. The fourth-order valence-electron chi connectivity index (χ4n) is 2.20. The van der Waals surface area contributed by atoms with Crippen molar-refractivity contribution in [1.82, 2.24) is 4.90 Å². The molecule has 0 bridgehead atoms. The first-order chi connectivity index (χ1) is 12.6. The maximum Gasteiger partial charge on any atom is 0.341 e. The van der Waals surface area contributed by atoms with Crippen LogP contribution in [0.5, 0.6) is 5.75 Å². The van der Waals surface area contributed by atoms with Gasteiger partial charge in [0.15, 0.2) is 6.61 Å². The number of ether oxygens (including phenoxy) is 2. The Morgan fingerprint density at radius 1 is 1.41 bits per heavy atom. The van der Waals surface area contributed by atoms with Gasteiger partial charge < -0.3 is 14.6 Å². The Labute approximate surface area is 180 Å². The van der Waals surface area contributed by atoms with Crippen LogP contribution in [0.1, 0.15) is 12.5 Å². The van der Waals surface area contributed by atoms with Gasteiger partial charge in [0.1, 0.15) is 11.8 Å². The zero-order chi connectivity index (χ0) is 20.3. The molecule has 0 unspecified atom stereocenters. The lowest BCUT2D eigenvalue weighted by Crippen LogP contribution is -2.42. The Kier molecular flexibility index (Phi) is 7.28. The zero-order valence-corrected chi connectivity index (χ0v) is 18.6. The molecule has 2 rings (SSSR count). The standard InChI is InChI=1S/C16H13BrINO7S/c1-7(15(23)25-2)19-14(22)11(27-16(19)24)4-8-3-9(18)5-10(17)13(8)26-6-12(20)21/h3-5,7H,6H2,1-2H3,(H,20,21)/b11-4+/t7-/m0/s1. The molecule has 1 heterocycles. The quantitative estimate of drug-likeness (QED) is 0.316. The van der Waals surface area contributed by atoms with Crippen molar-refractivity contribution in [2.45, 2.75) is 13.0 Å². The number of carbonyl (C=O) groups is 4. The van der Waals surface area contributed by atoms with Crippen LogP contribution in [0.3, 0.4) is 0 Å². The minimum Gasteiger partial charge on any atom is -0.480 e. The van der Waals surface area contributed by atoms with Gasteiger partial charge in [-0.2, -0.15) is 0 Å². The molecule has 1 atom stereocenters. The Morgan fingerprint density at radius 3 is 2.67 bits per heavy atom. The number of amides is 2. The van der Waals surface area contributed by atoms with E-state index in [9.17, 15) is 19.2 Å². The van der Waals surface area contributed by atoms with Crippen molar-refractivity contribution in [1.29, 1.82) is 0 Å². The van der Waals surface area contributed by atoms with Crippen molar-refractivity contribution >= 4 is 79.4 Å². The molecule has 8 nitrogen and oxygen atoms in total. The van der Waals surface area contributed by atoms with Crippen molar-refractivity contribution in [2.75, 3.05) is 13.7 Å². The van der Waals surface area contributed by atoms with Crippen molar-refractivity contribution in [3.63, 3.8) is 0 Å². The van der Waals surface area contributed by atoms with Gasteiger partial charge in [0, 0.05) is 9.13 Å². The van der Waals surface area contributed by atoms with Crippen LogP contribution in [-0.4, -0.2) is 52.8 Å². The topological polar surface area (TPSA) is 110 Å². The van der Waals surface area contributed by atoms with Gasteiger partial charge in [-0.25, -0.2) is 9.59 Å². The predicted molar refractivity (Wildman–Crippen MR) is 109 cm³/mol. The number of esters is 1. The molecule has 11 heteroatoms. The monoisotopic (exact) mass is 569 g/mol. The summed E-state index contributed by atoms with van der Waals surface area (Å²) in [6.45, 7) is 0.829. The lowest BCUT2D eigenvalue weighted by molar-refractivity contribution is -0.148. The molecule has 0 radical (unpaired) electrons. The molecule has 1 saturated heterocycles. The predicted octanol–water partition coefficient (Wildman–Crippen LogP) is 3.11. The number of hydrogen-bond acceptors (Lipinski definition) is 7. The molecular weight excluding hydrogens is 557 g/mol. The Bertz CT molecular complexity index is 857. The Hall–Kier alpha value is -1.60. The first-order valence-corrected chi connectivity index (χ1v) is 10.0. The van der Waals surface area contributed by atoms with Crippen LogP contribution in [0.2, 0.25) is 0 Å². The second-order valence-corrected chi connectivity index (χ2v) is 8.33. The van der Waals surface area contributed by atoms with Crippen LogP contribution in [0.4, 0.5) is 4.79 Å². The summed E-state index contributed by atoms with van der Waals surface area (Å²) in [5.74, 6) is -2.27. The highest BCUT2D eigenvalue weighted by Crippen LogP contribution is 2.38. The van der Waals surface area contributed by atoms with E-state index in [1.807, 2.05) is 0 Å². The van der Waals surface area contributed by atoms with Gasteiger partial charge in [-0.15, -0.1) is 0 Å². The van der Waals surface area contributed by atoms with E-state index in [0.717, 1.165) is 8.47 Å². The molecule has 1 aromatic carbocycles. The van der Waals surface area contributed by atoms with Gasteiger partial charge >= 0.3 is 11.9 Å². The number of rotatable bonds is 6. The van der Waals surface area contributed by atoms with Crippen molar-refractivity contribution in [3.8, 4) is 5.75 Å². The van der Waals surface area contributed by atoms with Crippen LogP contribution in [0, 0.1) is 3.57 Å². The summed E-state index contributed by atoms with van der Waals surface area (Å²) in [5, 5.41) is 8.24. The van der Waals surface area contributed by atoms with Gasteiger partial charge in [-0.1, -0.05) is 0 Å². The van der Waals surface area contributed by atoms with Crippen LogP contribution < -0.4 is 4.74 Å². The van der Waals surface area contributed by atoms with E-state index in [4.69, 9.17) is 9.84 Å². The molecule has 144 valence electrons. The van der Waals surface area contributed by atoms with Gasteiger partial charge in [0.05, 0.1) is 16.5 Å². The fraction of sp³-hybridized carbons (Fsp3) is 0.250. The molecule has 1 aliphatic rings. The minimum absolute atomic E-state index is 0.0878. The number of aliphatic carboxylic acids is 1. The van der Waals surface area contributed by atoms with Crippen LogP contribution >= 0.6 is 50.3 Å². The number of hydrogen-bond donors (Lipinski definition) is 1. The number of halogens is 2. The summed E-state index contributed by atoms with van der Waals surface area (Å²) in [6.07, 6.45) is 1.43. The van der Waals surface area contributed by atoms with Crippen molar-refractivity contribution < 1.29 is 33.8 Å². The average molecular weight is 570 g/mol. The van der Waals surface area contributed by atoms with E-state index in [1.165, 1.54) is 20.1 Å². The maximum absolute atomic E-state index is 12.6. The molecule has 0 aromatic heterocycles. The second-order valence-electron chi connectivity index (χ2n) is 5.24. The summed E-state index contributed by atoms with van der Waals surface area (Å²) < 4.78 is 11.2. The lowest BCUT2D eigenvalue weighted by Gasteiger charge is -2.18. The van der Waals surface area contributed by atoms with E-state index >= 15 is 0 Å². The number of imide groups is 1. The largest absolute Gasteiger partial charge is 0.480 e. The molecule has 2 amide bonds. The number of carboxylic acids is 1. The number of thioether (sulfide) groups is 1. The van der Waals surface area contributed by atoms with Gasteiger partial charge in [0.2, 0.25) is 0 Å². The summed E-state index contributed by atoms with van der Waals surface area (Å²) in [4.78, 5) is 48.1. The SMILES string of the molecule is COC(=O)[C@H](C)N1C(=O)S/C(=C/c2cc(I)cc(Br)c2OCC(=O)O)C1=O. The van der Waals surface area contributed by atoms with E-state index in [-0.39, 0.29) is 10.7 Å².